The molecule has 0 spiro atoms. The van der Waals surface area contributed by atoms with E-state index in [-0.39, 0.29) is 6.10 Å². The number of morpholine rings is 1. The Labute approximate surface area is 120 Å². The Hall–Kier alpha value is -1.24. The minimum atomic E-state index is 0.270. The summed E-state index contributed by atoms with van der Waals surface area (Å²) in [6, 6.07) is 2.00. The van der Waals surface area contributed by atoms with Crippen molar-refractivity contribution in [1.29, 1.82) is 0 Å². The highest BCUT2D eigenvalue weighted by Gasteiger charge is 2.21. The second-order valence-corrected chi connectivity index (χ2v) is 5.33. The number of rotatable bonds is 6. The second-order valence-electron chi connectivity index (χ2n) is 5.33. The minimum Gasteiger partial charge on any atom is -0.378 e. The molecule has 1 fully saturated rings. The number of hydrogen-bond donors (Lipinski definition) is 0. The van der Waals surface area contributed by atoms with E-state index in [1.807, 2.05) is 6.07 Å². The average Bonchev–Trinajstić information content (AvgIpc) is 2.46. The fourth-order valence-corrected chi connectivity index (χ4v) is 2.29. The van der Waals surface area contributed by atoms with E-state index in [1.54, 1.807) is 13.4 Å². The van der Waals surface area contributed by atoms with Crippen LogP contribution < -0.4 is 4.90 Å². The molecule has 1 aliphatic heterocycles. The van der Waals surface area contributed by atoms with E-state index in [9.17, 15) is 0 Å². The van der Waals surface area contributed by atoms with Crippen LogP contribution >= 0.6 is 0 Å². The molecule has 0 aromatic carbocycles. The SMILES string of the molecule is COCc1cc(N2CCOC(CCN(C)C)C2)ncn1. The molecule has 6 heteroatoms. The van der Waals surface area contributed by atoms with Crippen molar-refractivity contribution in [3.05, 3.63) is 18.1 Å². The number of methoxy groups -OCH3 is 1. The highest BCUT2D eigenvalue weighted by atomic mass is 16.5. The lowest BCUT2D eigenvalue weighted by Gasteiger charge is -2.34. The Kier molecular flexibility index (Phi) is 5.70. The van der Waals surface area contributed by atoms with E-state index >= 15 is 0 Å². The molecule has 0 N–H and O–H groups in total. The van der Waals surface area contributed by atoms with E-state index in [4.69, 9.17) is 9.47 Å². The molecule has 0 amide bonds. The summed E-state index contributed by atoms with van der Waals surface area (Å²) < 4.78 is 10.9. The zero-order chi connectivity index (χ0) is 14.4. The van der Waals surface area contributed by atoms with Crippen LogP contribution in [0.15, 0.2) is 12.4 Å². The molecule has 0 radical (unpaired) electrons. The van der Waals surface area contributed by atoms with Gasteiger partial charge in [-0.2, -0.15) is 0 Å². The third-order valence-electron chi connectivity index (χ3n) is 3.36. The zero-order valence-corrected chi connectivity index (χ0v) is 12.6. The number of nitrogens with zero attached hydrogens (tertiary/aromatic N) is 4. The molecule has 0 aliphatic carbocycles. The third kappa shape index (κ3) is 4.40. The van der Waals surface area contributed by atoms with Crippen LogP contribution in [0.2, 0.25) is 0 Å². The first-order valence-electron chi connectivity index (χ1n) is 7.00. The van der Waals surface area contributed by atoms with Gasteiger partial charge in [0.05, 0.1) is 25.0 Å². The number of ether oxygens (including phenoxy) is 2. The van der Waals surface area contributed by atoms with Gasteiger partial charge in [-0.25, -0.2) is 9.97 Å². The van der Waals surface area contributed by atoms with Crippen molar-refractivity contribution in [3.8, 4) is 0 Å². The fraction of sp³-hybridized carbons (Fsp3) is 0.714. The van der Waals surface area contributed by atoms with Gasteiger partial charge in [0.25, 0.3) is 0 Å². The Balaban J connectivity index is 1.95. The normalized spacial score (nSPS) is 19.6. The zero-order valence-electron chi connectivity index (χ0n) is 12.6. The molecule has 0 saturated carbocycles. The van der Waals surface area contributed by atoms with Gasteiger partial charge < -0.3 is 19.3 Å². The molecule has 1 unspecified atom stereocenters. The van der Waals surface area contributed by atoms with Crippen LogP contribution in [0, 0.1) is 0 Å². The number of anilines is 1. The van der Waals surface area contributed by atoms with Gasteiger partial charge in [0.2, 0.25) is 0 Å². The van der Waals surface area contributed by atoms with Gasteiger partial charge in [0.15, 0.2) is 0 Å². The van der Waals surface area contributed by atoms with Gasteiger partial charge in [0, 0.05) is 32.8 Å². The van der Waals surface area contributed by atoms with Gasteiger partial charge in [-0.15, -0.1) is 0 Å². The minimum absolute atomic E-state index is 0.270. The average molecular weight is 280 g/mol. The molecule has 112 valence electrons. The summed E-state index contributed by atoms with van der Waals surface area (Å²) in [6.07, 6.45) is 2.92. The maximum absolute atomic E-state index is 5.82. The van der Waals surface area contributed by atoms with Crippen LogP contribution in [0.4, 0.5) is 5.82 Å². The lowest BCUT2D eigenvalue weighted by Crippen LogP contribution is -2.43. The van der Waals surface area contributed by atoms with Crippen LogP contribution in [-0.2, 0) is 16.1 Å². The Morgan fingerprint density at radius 1 is 1.45 bits per heavy atom. The first-order chi connectivity index (χ1) is 9.69. The standard InChI is InChI=1S/C14H24N4O2/c1-17(2)5-4-13-9-18(6-7-20-13)14-8-12(10-19-3)15-11-16-14/h8,11,13H,4-7,9-10H2,1-3H3. The highest BCUT2D eigenvalue weighted by Crippen LogP contribution is 2.17. The summed E-state index contributed by atoms with van der Waals surface area (Å²) in [5.74, 6) is 0.963. The summed E-state index contributed by atoms with van der Waals surface area (Å²) in [6.45, 7) is 4.07. The molecule has 1 aromatic heterocycles. The van der Waals surface area contributed by atoms with Crippen LogP contribution in [0.3, 0.4) is 0 Å². The van der Waals surface area contributed by atoms with Crippen LogP contribution in [0.5, 0.6) is 0 Å². The molecule has 1 saturated heterocycles. The highest BCUT2D eigenvalue weighted by molar-refractivity contribution is 5.39. The van der Waals surface area contributed by atoms with Crippen LogP contribution in [0.1, 0.15) is 12.1 Å². The molecule has 1 atom stereocenters. The molecular weight excluding hydrogens is 256 g/mol. The van der Waals surface area contributed by atoms with Gasteiger partial charge >= 0.3 is 0 Å². The van der Waals surface area contributed by atoms with Gasteiger partial charge in [-0.1, -0.05) is 0 Å². The molecule has 1 aromatic rings. The van der Waals surface area contributed by atoms with Gasteiger partial charge in [-0.3, -0.25) is 0 Å². The Morgan fingerprint density at radius 2 is 2.30 bits per heavy atom. The van der Waals surface area contributed by atoms with Crippen molar-refractivity contribution < 1.29 is 9.47 Å². The van der Waals surface area contributed by atoms with Crippen molar-refractivity contribution in [3.63, 3.8) is 0 Å². The van der Waals surface area contributed by atoms with E-state index in [2.05, 4.69) is 33.9 Å². The Bertz CT molecular complexity index is 414. The molecule has 1 aliphatic rings. The van der Waals surface area contributed by atoms with Crippen molar-refractivity contribution in [2.24, 2.45) is 0 Å². The van der Waals surface area contributed by atoms with Crippen molar-refractivity contribution in [2.45, 2.75) is 19.1 Å². The van der Waals surface area contributed by atoms with E-state index < -0.39 is 0 Å². The number of hydrogen-bond acceptors (Lipinski definition) is 6. The first kappa shape index (κ1) is 15.2. The van der Waals surface area contributed by atoms with Crippen molar-refractivity contribution in [1.82, 2.24) is 14.9 Å². The maximum Gasteiger partial charge on any atom is 0.132 e. The predicted octanol–water partition coefficient (Wildman–Crippen LogP) is 0.780. The predicted molar refractivity (Wildman–Crippen MR) is 77.9 cm³/mol. The summed E-state index contributed by atoms with van der Waals surface area (Å²) in [5.41, 5.74) is 0.911. The van der Waals surface area contributed by atoms with Crippen molar-refractivity contribution >= 4 is 5.82 Å². The van der Waals surface area contributed by atoms with Crippen LogP contribution in [0.25, 0.3) is 0 Å². The van der Waals surface area contributed by atoms with E-state index in [0.29, 0.717) is 6.61 Å². The fourth-order valence-electron chi connectivity index (χ4n) is 2.29. The maximum atomic E-state index is 5.82. The smallest absolute Gasteiger partial charge is 0.132 e. The molecule has 0 bridgehead atoms. The Morgan fingerprint density at radius 3 is 3.05 bits per heavy atom. The summed E-state index contributed by atoms with van der Waals surface area (Å²) in [5, 5.41) is 0. The quantitative estimate of drug-likeness (QED) is 0.767. The van der Waals surface area contributed by atoms with Gasteiger partial charge in [0.1, 0.15) is 12.1 Å². The summed E-state index contributed by atoms with van der Waals surface area (Å²) >= 11 is 0. The molecule has 6 nitrogen and oxygen atoms in total. The van der Waals surface area contributed by atoms with Crippen LogP contribution in [-0.4, -0.2) is 68.4 Å². The lowest BCUT2D eigenvalue weighted by atomic mass is 10.2. The van der Waals surface area contributed by atoms with Crippen molar-refractivity contribution in [2.75, 3.05) is 52.3 Å². The molecular formula is C14H24N4O2. The first-order valence-corrected chi connectivity index (χ1v) is 7.00. The largest absolute Gasteiger partial charge is 0.378 e. The monoisotopic (exact) mass is 280 g/mol. The van der Waals surface area contributed by atoms with E-state index in [1.165, 1.54) is 0 Å². The summed E-state index contributed by atoms with van der Waals surface area (Å²) in [4.78, 5) is 13.0. The number of aromatic nitrogens is 2. The molecule has 2 rings (SSSR count). The summed E-state index contributed by atoms with van der Waals surface area (Å²) in [7, 11) is 5.85. The molecule has 20 heavy (non-hydrogen) atoms. The van der Waals surface area contributed by atoms with E-state index in [0.717, 1.165) is 44.2 Å². The second kappa shape index (κ2) is 7.52. The third-order valence-corrected chi connectivity index (χ3v) is 3.36. The molecule has 2 heterocycles. The lowest BCUT2D eigenvalue weighted by molar-refractivity contribution is 0.0309. The topological polar surface area (TPSA) is 50.7 Å². The van der Waals surface area contributed by atoms with Gasteiger partial charge in [-0.05, 0) is 20.5 Å².